The molecular weight excluding hydrogens is 293 g/mol. The van der Waals surface area contributed by atoms with Gasteiger partial charge in [-0.1, -0.05) is 23.2 Å². The van der Waals surface area contributed by atoms with Crippen LogP contribution in [0.5, 0.6) is 0 Å². The number of anilines is 1. The molecule has 0 atom stereocenters. The standard InChI is InChI=1S/C15H13Cl2N3/c1-7-3-12-13(4-8(7)2)20-15(19-12)10-5-9(16)6-11(17)14(10)18/h3-6H,18H2,1-2H3,(H,19,20). The first-order chi connectivity index (χ1) is 9.45. The van der Waals surface area contributed by atoms with Crippen molar-refractivity contribution in [2.75, 3.05) is 5.73 Å². The summed E-state index contributed by atoms with van der Waals surface area (Å²) in [5.41, 5.74) is 11.5. The van der Waals surface area contributed by atoms with Gasteiger partial charge in [0.2, 0.25) is 0 Å². The Morgan fingerprint density at radius 1 is 1.05 bits per heavy atom. The summed E-state index contributed by atoms with van der Waals surface area (Å²) in [6, 6.07) is 7.51. The molecule has 3 nitrogen and oxygen atoms in total. The summed E-state index contributed by atoms with van der Waals surface area (Å²) >= 11 is 12.1. The molecule has 3 N–H and O–H groups in total. The number of rotatable bonds is 1. The third kappa shape index (κ3) is 2.13. The number of aryl methyl sites for hydroxylation is 2. The average molecular weight is 306 g/mol. The van der Waals surface area contributed by atoms with Crippen molar-refractivity contribution in [3.8, 4) is 11.4 Å². The smallest absolute Gasteiger partial charge is 0.140 e. The van der Waals surface area contributed by atoms with Crippen molar-refractivity contribution >= 4 is 39.9 Å². The molecule has 5 heteroatoms. The predicted molar refractivity (Wildman–Crippen MR) is 85.4 cm³/mol. The zero-order chi connectivity index (χ0) is 14.4. The fraction of sp³-hybridized carbons (Fsp3) is 0.133. The maximum Gasteiger partial charge on any atom is 0.140 e. The Balaban J connectivity index is 2.25. The van der Waals surface area contributed by atoms with E-state index in [0.29, 0.717) is 27.1 Å². The van der Waals surface area contributed by atoms with Crippen LogP contribution in [0.2, 0.25) is 10.0 Å². The summed E-state index contributed by atoms with van der Waals surface area (Å²) in [6.07, 6.45) is 0. The first-order valence-electron chi connectivity index (χ1n) is 6.17. The lowest BCUT2D eigenvalue weighted by Crippen LogP contribution is -1.92. The third-order valence-corrected chi connectivity index (χ3v) is 3.98. The number of benzene rings is 2. The number of aromatic amines is 1. The highest BCUT2D eigenvalue weighted by Gasteiger charge is 2.12. The molecule has 0 aliphatic carbocycles. The first kappa shape index (κ1) is 13.3. The number of H-pyrrole nitrogens is 1. The lowest BCUT2D eigenvalue weighted by atomic mass is 10.1. The second kappa shape index (κ2) is 4.69. The highest BCUT2D eigenvalue weighted by molar-refractivity contribution is 6.37. The Morgan fingerprint density at radius 3 is 2.50 bits per heavy atom. The van der Waals surface area contributed by atoms with Gasteiger partial charge in [0, 0.05) is 10.6 Å². The fourth-order valence-electron chi connectivity index (χ4n) is 2.18. The second-order valence-corrected chi connectivity index (χ2v) is 5.73. The fourth-order valence-corrected chi connectivity index (χ4v) is 2.67. The number of hydrogen-bond acceptors (Lipinski definition) is 2. The highest BCUT2D eigenvalue weighted by Crippen LogP contribution is 2.34. The van der Waals surface area contributed by atoms with Gasteiger partial charge in [-0.15, -0.1) is 0 Å². The number of imidazole rings is 1. The molecule has 0 saturated heterocycles. The number of nitrogen functional groups attached to an aromatic ring is 1. The van der Waals surface area contributed by atoms with E-state index < -0.39 is 0 Å². The molecule has 102 valence electrons. The van der Waals surface area contributed by atoms with E-state index in [9.17, 15) is 0 Å². The van der Waals surface area contributed by atoms with Crippen molar-refractivity contribution in [2.45, 2.75) is 13.8 Å². The molecule has 0 fully saturated rings. The van der Waals surface area contributed by atoms with Crippen LogP contribution in [-0.2, 0) is 0 Å². The average Bonchev–Trinajstić information content (AvgIpc) is 2.77. The Labute approximate surface area is 126 Å². The largest absolute Gasteiger partial charge is 0.397 e. The van der Waals surface area contributed by atoms with E-state index in [2.05, 4.69) is 29.9 Å². The normalized spacial score (nSPS) is 11.2. The number of fused-ring (bicyclic) bond motifs is 1. The van der Waals surface area contributed by atoms with Gasteiger partial charge in [0.15, 0.2) is 0 Å². The summed E-state index contributed by atoms with van der Waals surface area (Å²) in [6.45, 7) is 4.13. The van der Waals surface area contributed by atoms with Crippen LogP contribution >= 0.6 is 23.2 Å². The summed E-state index contributed by atoms with van der Waals surface area (Å²) in [5.74, 6) is 0.673. The topological polar surface area (TPSA) is 54.7 Å². The number of aromatic nitrogens is 2. The molecule has 0 unspecified atom stereocenters. The van der Waals surface area contributed by atoms with Gasteiger partial charge in [0.1, 0.15) is 5.82 Å². The van der Waals surface area contributed by atoms with E-state index in [1.54, 1.807) is 12.1 Å². The van der Waals surface area contributed by atoms with Crippen LogP contribution in [-0.4, -0.2) is 9.97 Å². The Kier molecular flexibility index (Phi) is 3.11. The monoisotopic (exact) mass is 305 g/mol. The number of nitrogens with one attached hydrogen (secondary N) is 1. The molecule has 0 aliphatic rings. The predicted octanol–water partition coefficient (Wildman–Crippen LogP) is 4.74. The number of halogens is 2. The van der Waals surface area contributed by atoms with Crippen LogP contribution in [0.1, 0.15) is 11.1 Å². The van der Waals surface area contributed by atoms with Gasteiger partial charge in [-0.05, 0) is 49.2 Å². The third-order valence-electron chi connectivity index (χ3n) is 3.45. The quantitative estimate of drug-likeness (QED) is 0.638. The maximum atomic E-state index is 6.07. The van der Waals surface area contributed by atoms with E-state index in [1.165, 1.54) is 11.1 Å². The lowest BCUT2D eigenvalue weighted by Gasteiger charge is -2.05. The molecule has 20 heavy (non-hydrogen) atoms. The minimum Gasteiger partial charge on any atom is -0.397 e. The zero-order valence-corrected chi connectivity index (χ0v) is 12.6. The Morgan fingerprint density at radius 2 is 1.75 bits per heavy atom. The number of nitrogens with zero attached hydrogens (tertiary/aromatic N) is 1. The second-order valence-electron chi connectivity index (χ2n) is 4.89. The molecule has 3 rings (SSSR count). The van der Waals surface area contributed by atoms with Gasteiger partial charge in [-0.3, -0.25) is 0 Å². The van der Waals surface area contributed by atoms with Crippen molar-refractivity contribution in [1.29, 1.82) is 0 Å². The number of hydrogen-bond donors (Lipinski definition) is 2. The van der Waals surface area contributed by atoms with Crippen molar-refractivity contribution in [2.24, 2.45) is 0 Å². The van der Waals surface area contributed by atoms with Crippen LogP contribution in [0.25, 0.3) is 22.4 Å². The van der Waals surface area contributed by atoms with E-state index in [4.69, 9.17) is 28.9 Å². The lowest BCUT2D eigenvalue weighted by molar-refractivity contribution is 1.34. The van der Waals surface area contributed by atoms with Crippen molar-refractivity contribution in [3.05, 3.63) is 45.4 Å². The molecule has 0 bridgehead atoms. The van der Waals surface area contributed by atoms with Gasteiger partial charge >= 0.3 is 0 Å². The molecule has 1 aromatic heterocycles. The van der Waals surface area contributed by atoms with Gasteiger partial charge < -0.3 is 10.7 Å². The van der Waals surface area contributed by atoms with Crippen molar-refractivity contribution < 1.29 is 0 Å². The van der Waals surface area contributed by atoms with E-state index in [1.807, 2.05) is 6.07 Å². The highest BCUT2D eigenvalue weighted by atomic mass is 35.5. The number of nitrogens with two attached hydrogens (primary N) is 1. The van der Waals surface area contributed by atoms with Gasteiger partial charge in [-0.25, -0.2) is 4.98 Å². The molecule has 0 aliphatic heterocycles. The minimum atomic E-state index is 0.431. The van der Waals surface area contributed by atoms with Crippen LogP contribution < -0.4 is 5.73 Å². The van der Waals surface area contributed by atoms with E-state index in [-0.39, 0.29) is 0 Å². The zero-order valence-electron chi connectivity index (χ0n) is 11.1. The molecular formula is C15H13Cl2N3. The van der Waals surface area contributed by atoms with Crippen molar-refractivity contribution in [3.63, 3.8) is 0 Å². The molecule has 0 saturated carbocycles. The van der Waals surface area contributed by atoms with Gasteiger partial charge in [0.25, 0.3) is 0 Å². The van der Waals surface area contributed by atoms with Crippen LogP contribution in [0.3, 0.4) is 0 Å². The van der Waals surface area contributed by atoms with E-state index >= 15 is 0 Å². The van der Waals surface area contributed by atoms with E-state index in [0.717, 1.165) is 11.0 Å². The summed E-state index contributed by atoms with van der Waals surface area (Å²) in [7, 11) is 0. The van der Waals surface area contributed by atoms with Crippen LogP contribution in [0.15, 0.2) is 24.3 Å². The molecule has 3 aromatic rings. The van der Waals surface area contributed by atoms with Crippen LogP contribution in [0.4, 0.5) is 5.69 Å². The first-order valence-corrected chi connectivity index (χ1v) is 6.93. The summed E-state index contributed by atoms with van der Waals surface area (Å²) in [5, 5.41) is 0.965. The minimum absolute atomic E-state index is 0.431. The summed E-state index contributed by atoms with van der Waals surface area (Å²) in [4.78, 5) is 7.84. The molecule has 0 spiro atoms. The molecule has 0 radical (unpaired) electrons. The molecule has 2 aromatic carbocycles. The SMILES string of the molecule is Cc1cc2nc(-c3cc(Cl)cc(Cl)c3N)[nH]c2cc1C. The van der Waals surface area contributed by atoms with Crippen molar-refractivity contribution in [1.82, 2.24) is 9.97 Å². The maximum absolute atomic E-state index is 6.07. The van der Waals surface area contributed by atoms with Gasteiger partial charge in [-0.2, -0.15) is 0 Å². The Bertz CT molecular complexity index is 783. The van der Waals surface area contributed by atoms with Crippen LogP contribution in [0, 0.1) is 13.8 Å². The van der Waals surface area contributed by atoms with Gasteiger partial charge in [0.05, 0.1) is 21.7 Å². The molecule has 1 heterocycles. The molecule has 0 amide bonds. The Hall–Kier alpha value is -1.71. The summed E-state index contributed by atoms with van der Waals surface area (Å²) < 4.78 is 0.